The lowest BCUT2D eigenvalue weighted by molar-refractivity contribution is 0.478. The van der Waals surface area contributed by atoms with E-state index in [1.54, 1.807) is 10.4 Å². The van der Waals surface area contributed by atoms with Crippen molar-refractivity contribution < 1.29 is 8.42 Å². The van der Waals surface area contributed by atoms with Crippen LogP contribution in [0.5, 0.6) is 0 Å². The minimum absolute atomic E-state index is 0.440. The Morgan fingerprint density at radius 1 is 0.947 bits per heavy atom. The molecule has 1 fully saturated rings. The van der Waals surface area contributed by atoms with Crippen LogP contribution in [0.2, 0.25) is 0 Å². The Balaban J connectivity index is 2.23. The molecule has 1 saturated heterocycles. The summed E-state index contributed by atoms with van der Waals surface area (Å²) in [5, 5.41) is 1.84. The predicted molar refractivity (Wildman–Crippen MR) is 76.7 cm³/mol. The number of hydrogen-bond donors (Lipinski definition) is 0. The van der Waals surface area contributed by atoms with Crippen molar-refractivity contribution in [2.75, 3.05) is 13.1 Å². The molecule has 0 bridgehead atoms. The van der Waals surface area contributed by atoms with E-state index >= 15 is 0 Å². The molecule has 0 saturated carbocycles. The van der Waals surface area contributed by atoms with Crippen LogP contribution in [0, 0.1) is 6.92 Å². The van der Waals surface area contributed by atoms with Gasteiger partial charge >= 0.3 is 0 Å². The van der Waals surface area contributed by atoms with E-state index in [-0.39, 0.29) is 0 Å². The van der Waals surface area contributed by atoms with E-state index in [0.717, 1.165) is 29.2 Å². The fourth-order valence-electron chi connectivity index (χ4n) is 2.71. The molecule has 0 atom stereocenters. The summed E-state index contributed by atoms with van der Waals surface area (Å²) in [5.41, 5.74) is 1.11. The maximum atomic E-state index is 12.7. The molecule has 0 amide bonds. The highest BCUT2D eigenvalue weighted by Gasteiger charge is 2.28. The molecule has 0 unspecified atom stereocenters. The molecule has 1 aliphatic rings. The summed E-state index contributed by atoms with van der Waals surface area (Å²) < 4.78 is 27.0. The molecule has 1 heterocycles. The third-order valence-corrected chi connectivity index (χ3v) is 5.74. The number of benzene rings is 2. The van der Waals surface area contributed by atoms with Gasteiger partial charge in [0.15, 0.2) is 0 Å². The molecular weight excluding hydrogens is 258 g/mol. The highest BCUT2D eigenvalue weighted by Crippen LogP contribution is 2.29. The van der Waals surface area contributed by atoms with Gasteiger partial charge < -0.3 is 0 Å². The molecule has 0 aliphatic carbocycles. The Morgan fingerprint density at radius 2 is 1.58 bits per heavy atom. The van der Waals surface area contributed by atoms with Gasteiger partial charge in [0.1, 0.15) is 0 Å². The fraction of sp³-hybridized carbons (Fsp3) is 0.333. The first-order valence-electron chi connectivity index (χ1n) is 6.59. The van der Waals surface area contributed by atoms with E-state index in [9.17, 15) is 8.42 Å². The van der Waals surface area contributed by atoms with Crippen molar-refractivity contribution in [2.45, 2.75) is 24.7 Å². The van der Waals surface area contributed by atoms with Crippen molar-refractivity contribution in [3.8, 4) is 0 Å². The van der Waals surface area contributed by atoms with Crippen molar-refractivity contribution in [3.05, 3.63) is 42.0 Å². The molecule has 1 aliphatic heterocycles. The second-order valence-electron chi connectivity index (χ2n) is 5.04. The topological polar surface area (TPSA) is 37.4 Å². The minimum Gasteiger partial charge on any atom is -0.207 e. The SMILES string of the molecule is Cc1ccc(S(=O)(=O)N2CCCC2)c2ccccc12. The van der Waals surface area contributed by atoms with Gasteiger partial charge in [-0.05, 0) is 36.8 Å². The Bertz CT molecular complexity index is 716. The first-order valence-corrected chi connectivity index (χ1v) is 8.03. The first kappa shape index (κ1) is 12.6. The maximum absolute atomic E-state index is 12.7. The molecule has 0 radical (unpaired) electrons. The van der Waals surface area contributed by atoms with Crippen molar-refractivity contribution in [2.24, 2.45) is 0 Å². The van der Waals surface area contributed by atoms with Crippen LogP contribution < -0.4 is 0 Å². The van der Waals surface area contributed by atoms with Gasteiger partial charge in [0.25, 0.3) is 0 Å². The van der Waals surface area contributed by atoms with Gasteiger partial charge in [-0.1, -0.05) is 30.3 Å². The molecule has 100 valence electrons. The van der Waals surface area contributed by atoms with E-state index in [4.69, 9.17) is 0 Å². The van der Waals surface area contributed by atoms with E-state index < -0.39 is 10.0 Å². The maximum Gasteiger partial charge on any atom is 0.243 e. The van der Waals surface area contributed by atoms with Crippen LogP contribution in [0.15, 0.2) is 41.3 Å². The van der Waals surface area contributed by atoms with Crippen LogP contribution in [0.3, 0.4) is 0 Å². The molecule has 2 aromatic rings. The van der Waals surface area contributed by atoms with Crippen molar-refractivity contribution in [1.29, 1.82) is 0 Å². The van der Waals surface area contributed by atoms with E-state index in [0.29, 0.717) is 18.0 Å². The lowest BCUT2D eigenvalue weighted by atomic mass is 10.1. The third kappa shape index (κ3) is 2.05. The number of sulfonamides is 1. The monoisotopic (exact) mass is 275 g/mol. The summed E-state index contributed by atoms with van der Waals surface area (Å²) in [5.74, 6) is 0. The standard InChI is InChI=1S/C15H17NO2S/c1-12-8-9-15(14-7-3-2-6-13(12)14)19(17,18)16-10-4-5-11-16/h2-3,6-9H,4-5,10-11H2,1H3. The van der Waals surface area contributed by atoms with Gasteiger partial charge in [0.2, 0.25) is 10.0 Å². The smallest absolute Gasteiger partial charge is 0.207 e. The summed E-state index contributed by atoms with van der Waals surface area (Å²) in [4.78, 5) is 0.440. The van der Waals surface area contributed by atoms with Crippen molar-refractivity contribution >= 4 is 20.8 Å². The summed E-state index contributed by atoms with van der Waals surface area (Å²) in [6, 6.07) is 11.3. The molecule has 19 heavy (non-hydrogen) atoms. The second kappa shape index (κ2) is 4.62. The molecule has 3 nitrogen and oxygen atoms in total. The van der Waals surface area contributed by atoms with Gasteiger partial charge in [-0.2, -0.15) is 4.31 Å². The first-order chi connectivity index (χ1) is 9.10. The van der Waals surface area contributed by atoms with Crippen LogP contribution in [-0.2, 0) is 10.0 Å². The molecule has 0 N–H and O–H groups in total. The highest BCUT2D eigenvalue weighted by molar-refractivity contribution is 7.89. The Kier molecular flexibility index (Phi) is 3.07. The van der Waals surface area contributed by atoms with Gasteiger partial charge in [-0.25, -0.2) is 8.42 Å². The largest absolute Gasteiger partial charge is 0.243 e. The zero-order valence-corrected chi connectivity index (χ0v) is 11.8. The van der Waals surface area contributed by atoms with Gasteiger partial charge in [0.05, 0.1) is 4.90 Å². The number of nitrogens with zero attached hydrogens (tertiary/aromatic N) is 1. The zero-order chi connectivity index (χ0) is 13.5. The molecule has 3 rings (SSSR count). The van der Waals surface area contributed by atoms with Crippen LogP contribution in [0.1, 0.15) is 18.4 Å². The third-order valence-electron chi connectivity index (χ3n) is 3.78. The van der Waals surface area contributed by atoms with Crippen molar-refractivity contribution in [3.63, 3.8) is 0 Å². The number of hydrogen-bond acceptors (Lipinski definition) is 2. The number of rotatable bonds is 2. The van der Waals surface area contributed by atoms with Gasteiger partial charge in [-0.15, -0.1) is 0 Å². The van der Waals surface area contributed by atoms with Crippen LogP contribution >= 0.6 is 0 Å². The minimum atomic E-state index is -3.35. The normalized spacial score (nSPS) is 17.1. The Hall–Kier alpha value is -1.39. The van der Waals surface area contributed by atoms with Crippen molar-refractivity contribution in [1.82, 2.24) is 4.31 Å². The van der Waals surface area contributed by atoms with E-state index in [2.05, 4.69) is 0 Å². The second-order valence-corrected chi connectivity index (χ2v) is 6.94. The summed E-state index contributed by atoms with van der Waals surface area (Å²) in [7, 11) is -3.35. The van der Waals surface area contributed by atoms with Crippen LogP contribution in [0.4, 0.5) is 0 Å². The lowest BCUT2D eigenvalue weighted by Gasteiger charge is -2.17. The summed E-state index contributed by atoms with van der Waals surface area (Å²) >= 11 is 0. The molecule has 2 aromatic carbocycles. The quantitative estimate of drug-likeness (QED) is 0.845. The number of fused-ring (bicyclic) bond motifs is 1. The fourth-order valence-corrected chi connectivity index (χ4v) is 4.43. The van der Waals surface area contributed by atoms with Gasteiger partial charge in [0, 0.05) is 18.5 Å². The highest BCUT2D eigenvalue weighted by atomic mass is 32.2. The molecule has 0 aromatic heterocycles. The van der Waals surface area contributed by atoms with Crippen LogP contribution in [-0.4, -0.2) is 25.8 Å². The average molecular weight is 275 g/mol. The summed E-state index contributed by atoms with van der Waals surface area (Å²) in [6.07, 6.45) is 1.92. The van der Waals surface area contributed by atoms with Gasteiger partial charge in [-0.3, -0.25) is 0 Å². The van der Waals surface area contributed by atoms with Crippen LogP contribution in [0.25, 0.3) is 10.8 Å². The van der Waals surface area contributed by atoms with E-state index in [1.807, 2.05) is 37.3 Å². The average Bonchev–Trinajstić information content (AvgIpc) is 2.94. The predicted octanol–water partition coefficient (Wildman–Crippen LogP) is 2.93. The lowest BCUT2D eigenvalue weighted by Crippen LogP contribution is -2.28. The summed E-state index contributed by atoms with van der Waals surface area (Å²) in [6.45, 7) is 3.30. The Morgan fingerprint density at radius 3 is 2.26 bits per heavy atom. The molecular formula is C15H17NO2S. The molecule has 4 heteroatoms. The molecule has 0 spiro atoms. The number of aryl methyl sites for hydroxylation is 1. The zero-order valence-electron chi connectivity index (χ0n) is 11.0. The van der Waals surface area contributed by atoms with E-state index in [1.165, 1.54) is 0 Å². The Labute approximate surface area is 113 Å².